The molecule has 2 atom stereocenters. The average Bonchev–Trinajstić information content (AvgIpc) is 2.37. The van der Waals surface area contributed by atoms with E-state index in [9.17, 15) is 14.7 Å². The van der Waals surface area contributed by atoms with Crippen molar-refractivity contribution in [3.8, 4) is 0 Å². The molecular weight excluding hydrogens is 315 g/mol. The first-order chi connectivity index (χ1) is 9.82. The molecule has 114 valence electrons. The second-order valence-corrected chi connectivity index (χ2v) is 6.32. The van der Waals surface area contributed by atoms with E-state index in [-0.39, 0.29) is 21.8 Å². The highest BCUT2D eigenvalue weighted by atomic mass is 35.5. The highest BCUT2D eigenvalue weighted by Crippen LogP contribution is 2.33. The van der Waals surface area contributed by atoms with Crippen molar-refractivity contribution >= 4 is 35.1 Å². The second-order valence-electron chi connectivity index (χ2n) is 5.54. The average molecular weight is 331 g/mol. The monoisotopic (exact) mass is 330 g/mol. The topological polar surface area (TPSA) is 79.3 Å². The molecule has 5 nitrogen and oxygen atoms in total. The van der Waals surface area contributed by atoms with Gasteiger partial charge in [0, 0.05) is 5.56 Å². The number of carbonyl (C=O) groups excluding carboxylic acids is 1. The van der Waals surface area contributed by atoms with Crippen molar-refractivity contribution in [3.05, 3.63) is 28.0 Å². The van der Waals surface area contributed by atoms with Crippen molar-refractivity contribution in [1.29, 1.82) is 0 Å². The number of hydrogen-bond donors (Lipinski definition) is 2. The fraction of sp³-hybridized carbons (Fsp3) is 0.500. The third kappa shape index (κ3) is 3.66. The summed E-state index contributed by atoms with van der Waals surface area (Å²) < 4.78 is 0. The minimum absolute atomic E-state index is 0.0917. The summed E-state index contributed by atoms with van der Waals surface area (Å²) in [5, 5.41) is 12.4. The lowest BCUT2D eigenvalue weighted by molar-refractivity contribution is -0.146. The van der Waals surface area contributed by atoms with Gasteiger partial charge in [-0.2, -0.15) is 0 Å². The number of nitrogens with one attached hydrogen (secondary N) is 1. The second kappa shape index (κ2) is 6.20. The maximum atomic E-state index is 12.3. The molecule has 1 saturated carbocycles. The highest BCUT2D eigenvalue weighted by Gasteiger charge is 2.43. The lowest BCUT2D eigenvalue weighted by Gasteiger charge is -2.37. The molecule has 0 aromatic carbocycles. The van der Waals surface area contributed by atoms with Crippen LogP contribution in [0.5, 0.6) is 0 Å². The summed E-state index contributed by atoms with van der Waals surface area (Å²) in [6.45, 7) is 1.99. The van der Waals surface area contributed by atoms with Crippen molar-refractivity contribution < 1.29 is 14.7 Å². The molecule has 1 aliphatic carbocycles. The Morgan fingerprint density at radius 1 is 1.38 bits per heavy atom. The molecule has 0 bridgehead atoms. The van der Waals surface area contributed by atoms with Crippen LogP contribution in [-0.2, 0) is 4.79 Å². The summed E-state index contributed by atoms with van der Waals surface area (Å²) in [5.41, 5.74) is -1.02. The largest absolute Gasteiger partial charge is 0.480 e. The first kappa shape index (κ1) is 16.0. The number of hydrogen-bond acceptors (Lipinski definition) is 3. The molecule has 2 N–H and O–H groups in total. The molecule has 1 heterocycles. The van der Waals surface area contributed by atoms with Crippen LogP contribution < -0.4 is 5.32 Å². The number of carbonyl (C=O) groups is 2. The molecule has 0 radical (unpaired) electrons. The van der Waals surface area contributed by atoms with Gasteiger partial charge in [-0.3, -0.25) is 4.79 Å². The van der Waals surface area contributed by atoms with Gasteiger partial charge in [-0.25, -0.2) is 9.78 Å². The summed E-state index contributed by atoms with van der Waals surface area (Å²) in [7, 11) is 0. The number of carboxylic acids is 1. The molecule has 0 saturated heterocycles. The fourth-order valence-corrected chi connectivity index (χ4v) is 3.26. The molecule has 1 amide bonds. The number of halogens is 2. The molecule has 1 aromatic rings. The Morgan fingerprint density at radius 3 is 2.52 bits per heavy atom. The molecule has 2 unspecified atom stereocenters. The Bertz CT molecular complexity index is 559. The van der Waals surface area contributed by atoms with Gasteiger partial charge in [0.05, 0.1) is 0 Å². The fourth-order valence-electron chi connectivity index (χ4n) is 2.80. The lowest BCUT2D eigenvalue weighted by Crippen LogP contribution is -2.56. The van der Waals surface area contributed by atoms with E-state index in [0.717, 1.165) is 12.8 Å². The third-order valence-corrected chi connectivity index (χ3v) is 4.17. The number of pyridine rings is 1. The zero-order chi connectivity index (χ0) is 15.6. The van der Waals surface area contributed by atoms with E-state index < -0.39 is 17.4 Å². The third-order valence-electron chi connectivity index (χ3n) is 3.78. The van der Waals surface area contributed by atoms with Crippen LogP contribution in [0, 0.1) is 5.92 Å². The van der Waals surface area contributed by atoms with Gasteiger partial charge in [0.1, 0.15) is 15.8 Å². The molecule has 21 heavy (non-hydrogen) atoms. The normalized spacial score (nSPS) is 25.4. The Hall–Kier alpha value is -1.33. The predicted octanol–water partition coefficient (Wildman–Crippen LogP) is 3.15. The van der Waals surface area contributed by atoms with Gasteiger partial charge >= 0.3 is 5.97 Å². The molecule has 1 aromatic heterocycles. The number of rotatable bonds is 3. The number of amides is 1. The number of aromatic nitrogens is 1. The minimum Gasteiger partial charge on any atom is -0.480 e. The summed E-state index contributed by atoms with van der Waals surface area (Å²) >= 11 is 11.5. The Morgan fingerprint density at radius 2 is 2.00 bits per heavy atom. The van der Waals surface area contributed by atoms with Crippen molar-refractivity contribution in [1.82, 2.24) is 10.3 Å². The maximum absolute atomic E-state index is 12.3. The van der Waals surface area contributed by atoms with E-state index in [2.05, 4.69) is 10.3 Å². The molecule has 0 aliphatic heterocycles. The Kier molecular flexibility index (Phi) is 4.74. The van der Waals surface area contributed by atoms with E-state index in [0.29, 0.717) is 12.8 Å². The number of aliphatic carboxylic acids is 1. The molecule has 2 rings (SSSR count). The first-order valence-corrected chi connectivity index (χ1v) is 7.47. The lowest BCUT2D eigenvalue weighted by atomic mass is 9.76. The van der Waals surface area contributed by atoms with Crippen LogP contribution in [0.1, 0.15) is 43.0 Å². The van der Waals surface area contributed by atoms with E-state index in [4.69, 9.17) is 23.2 Å². The minimum atomic E-state index is -1.23. The molecule has 1 aliphatic rings. The SMILES string of the molecule is CC1CCCC(NC(=O)c2cc(Cl)nc(Cl)c2)(C(=O)O)C1. The smallest absolute Gasteiger partial charge is 0.329 e. The summed E-state index contributed by atoms with van der Waals surface area (Å²) in [6.07, 6.45) is 2.58. The van der Waals surface area contributed by atoms with Gasteiger partial charge in [-0.15, -0.1) is 0 Å². The van der Waals surface area contributed by atoms with Gasteiger partial charge in [-0.1, -0.05) is 43.0 Å². The molecular formula is C14H16Cl2N2O3. The van der Waals surface area contributed by atoms with Crippen LogP contribution in [-0.4, -0.2) is 27.5 Å². The Balaban J connectivity index is 2.24. The molecule has 1 fully saturated rings. The van der Waals surface area contributed by atoms with Crippen LogP contribution in [0.25, 0.3) is 0 Å². The quantitative estimate of drug-likeness (QED) is 0.834. The van der Waals surface area contributed by atoms with E-state index in [1.807, 2.05) is 6.92 Å². The van der Waals surface area contributed by atoms with Crippen LogP contribution in [0.2, 0.25) is 10.3 Å². The predicted molar refractivity (Wildman–Crippen MR) is 79.7 cm³/mol. The maximum Gasteiger partial charge on any atom is 0.329 e. The molecule has 7 heteroatoms. The summed E-state index contributed by atoms with van der Waals surface area (Å²) in [5.74, 6) is -1.26. The van der Waals surface area contributed by atoms with E-state index >= 15 is 0 Å². The van der Waals surface area contributed by atoms with Gasteiger partial charge < -0.3 is 10.4 Å². The Labute approximate surface area is 132 Å². The number of nitrogens with zero attached hydrogens (tertiary/aromatic N) is 1. The van der Waals surface area contributed by atoms with Gasteiger partial charge in [0.15, 0.2) is 0 Å². The first-order valence-electron chi connectivity index (χ1n) is 6.71. The van der Waals surface area contributed by atoms with Crippen molar-refractivity contribution in [2.45, 2.75) is 38.1 Å². The van der Waals surface area contributed by atoms with Gasteiger partial charge in [0.25, 0.3) is 5.91 Å². The van der Waals surface area contributed by atoms with Crippen LogP contribution >= 0.6 is 23.2 Å². The molecule has 0 spiro atoms. The number of carboxylic acid groups (broad SMARTS) is 1. The van der Waals surface area contributed by atoms with Gasteiger partial charge in [0.2, 0.25) is 0 Å². The standard InChI is InChI=1S/C14H16Cl2N2O3/c1-8-3-2-4-14(7-8,13(20)21)18-12(19)9-5-10(15)17-11(16)6-9/h5-6,8H,2-4,7H2,1H3,(H,18,19)(H,20,21). The summed E-state index contributed by atoms with van der Waals surface area (Å²) in [4.78, 5) is 27.7. The van der Waals surface area contributed by atoms with E-state index in [1.54, 1.807) is 0 Å². The van der Waals surface area contributed by atoms with Crippen molar-refractivity contribution in [2.24, 2.45) is 5.92 Å². The zero-order valence-electron chi connectivity index (χ0n) is 11.5. The highest BCUT2D eigenvalue weighted by molar-refractivity contribution is 6.33. The van der Waals surface area contributed by atoms with Crippen LogP contribution in [0.4, 0.5) is 0 Å². The van der Waals surface area contributed by atoms with Crippen molar-refractivity contribution in [2.75, 3.05) is 0 Å². The van der Waals surface area contributed by atoms with Crippen LogP contribution in [0.3, 0.4) is 0 Å². The van der Waals surface area contributed by atoms with Gasteiger partial charge in [-0.05, 0) is 30.9 Å². The van der Waals surface area contributed by atoms with Crippen molar-refractivity contribution in [3.63, 3.8) is 0 Å². The zero-order valence-corrected chi connectivity index (χ0v) is 13.0. The summed E-state index contributed by atoms with van der Waals surface area (Å²) in [6, 6.07) is 2.73. The van der Waals surface area contributed by atoms with E-state index in [1.165, 1.54) is 12.1 Å². The van der Waals surface area contributed by atoms with Crippen LogP contribution in [0.15, 0.2) is 12.1 Å².